The molecule has 0 spiro atoms. The number of halogens is 2. The van der Waals surface area contributed by atoms with Gasteiger partial charge in [-0.05, 0) is 19.9 Å². The summed E-state index contributed by atoms with van der Waals surface area (Å²) in [6.07, 6.45) is -0.591. The molecule has 1 fully saturated rings. The van der Waals surface area contributed by atoms with Crippen LogP contribution in [0, 0.1) is 5.82 Å². The number of hydrogen-bond donors (Lipinski definition) is 2. The van der Waals surface area contributed by atoms with Crippen LogP contribution in [-0.2, 0) is 6.54 Å². The van der Waals surface area contributed by atoms with Crippen LogP contribution in [0.25, 0.3) is 10.9 Å². The zero-order valence-corrected chi connectivity index (χ0v) is 16.4. The third-order valence-corrected chi connectivity index (χ3v) is 4.81. The van der Waals surface area contributed by atoms with Crippen LogP contribution < -0.4 is 25.1 Å². The van der Waals surface area contributed by atoms with E-state index in [0.717, 1.165) is 12.3 Å². The van der Waals surface area contributed by atoms with E-state index in [4.69, 9.17) is 9.84 Å². The number of pyridine rings is 1. The molecule has 29 heavy (non-hydrogen) atoms. The van der Waals surface area contributed by atoms with Crippen molar-refractivity contribution in [2.45, 2.75) is 32.5 Å². The Balaban J connectivity index is 2.30. The minimum absolute atomic E-state index is 0.0914. The molecule has 8 nitrogen and oxygen atoms in total. The van der Waals surface area contributed by atoms with Crippen LogP contribution >= 0.6 is 0 Å². The van der Waals surface area contributed by atoms with E-state index < -0.39 is 29.8 Å². The van der Waals surface area contributed by atoms with Crippen LogP contribution in [0.15, 0.2) is 17.1 Å². The third kappa shape index (κ3) is 3.98. The van der Waals surface area contributed by atoms with Gasteiger partial charge in [-0.3, -0.25) is 4.79 Å². The van der Waals surface area contributed by atoms with Crippen molar-refractivity contribution in [2.24, 2.45) is 0 Å². The number of aryl methyl sites for hydroxylation is 1. The van der Waals surface area contributed by atoms with Crippen LogP contribution in [0.2, 0.25) is 0 Å². The van der Waals surface area contributed by atoms with Gasteiger partial charge in [-0.25, -0.2) is 13.6 Å². The molecule has 1 aliphatic heterocycles. The number of carbonyl (C=O) groups is 1. The number of methoxy groups -OCH3 is 1. The predicted octanol–water partition coefficient (Wildman–Crippen LogP) is 2.36. The molecule has 1 saturated heterocycles. The fourth-order valence-electron chi connectivity index (χ4n) is 3.89. The number of ether oxygens (including phenoxy) is 2. The largest absolute Gasteiger partial charge is 0.511 e. The van der Waals surface area contributed by atoms with Gasteiger partial charge in [0.1, 0.15) is 12.4 Å². The average Bonchev–Trinajstić information content (AvgIpc) is 2.63. The smallest absolute Gasteiger partial charge is 0.492 e. The lowest BCUT2D eigenvalue weighted by Crippen LogP contribution is -2.54. The van der Waals surface area contributed by atoms with Crippen molar-refractivity contribution in [2.75, 3.05) is 31.8 Å². The maximum Gasteiger partial charge on any atom is 0.511 e. The Labute approximate surface area is 165 Å². The maximum absolute atomic E-state index is 15.2. The van der Waals surface area contributed by atoms with Gasteiger partial charge < -0.3 is 29.4 Å². The number of benzene rings is 1. The first-order valence-electron chi connectivity index (χ1n) is 9.18. The van der Waals surface area contributed by atoms with Gasteiger partial charge in [0.2, 0.25) is 5.43 Å². The van der Waals surface area contributed by atoms with E-state index in [2.05, 4.69) is 10.1 Å². The van der Waals surface area contributed by atoms with Gasteiger partial charge in [0.15, 0.2) is 17.3 Å². The molecule has 158 valence electrons. The van der Waals surface area contributed by atoms with Crippen molar-refractivity contribution < 1.29 is 28.2 Å². The topological polar surface area (TPSA) is 93.0 Å². The van der Waals surface area contributed by atoms with E-state index in [-0.39, 0.29) is 41.0 Å². The lowest BCUT2D eigenvalue weighted by atomic mass is 10.1. The molecule has 0 radical (unpaired) electrons. The summed E-state index contributed by atoms with van der Waals surface area (Å²) in [5.74, 6) is -1.13. The fourth-order valence-corrected chi connectivity index (χ4v) is 3.89. The van der Waals surface area contributed by atoms with Crippen LogP contribution in [-0.4, -0.2) is 54.8 Å². The molecule has 0 amide bonds. The molecule has 3 rings (SSSR count). The van der Waals surface area contributed by atoms with Crippen LogP contribution in [0.5, 0.6) is 11.5 Å². The average molecular weight is 411 g/mol. The number of nitrogens with one attached hydrogen (secondary N) is 1. The second-order valence-corrected chi connectivity index (χ2v) is 7.08. The quantitative estimate of drug-likeness (QED) is 0.730. The molecule has 0 aliphatic carbocycles. The summed E-state index contributed by atoms with van der Waals surface area (Å²) in [7, 11) is 1.35. The molecule has 2 N–H and O–H groups in total. The van der Waals surface area contributed by atoms with Gasteiger partial charge in [-0.15, -0.1) is 0 Å². The van der Waals surface area contributed by atoms with Crippen LogP contribution in [0.3, 0.4) is 0 Å². The molecule has 2 aromatic rings. The van der Waals surface area contributed by atoms with Crippen LogP contribution in [0.1, 0.15) is 13.8 Å². The Kier molecular flexibility index (Phi) is 5.92. The van der Waals surface area contributed by atoms with Gasteiger partial charge in [0.05, 0.1) is 30.8 Å². The normalized spacial score (nSPS) is 19.4. The van der Waals surface area contributed by atoms with Crippen molar-refractivity contribution >= 4 is 22.7 Å². The first-order valence-corrected chi connectivity index (χ1v) is 9.18. The number of piperazine rings is 1. The zero-order chi connectivity index (χ0) is 21.3. The Bertz CT molecular complexity index is 984. The molecule has 2 atom stereocenters. The number of alkyl halides is 1. The second kappa shape index (κ2) is 8.24. The lowest BCUT2D eigenvalue weighted by Gasteiger charge is -2.38. The number of hydrogen-bond acceptors (Lipinski definition) is 6. The van der Waals surface area contributed by atoms with Gasteiger partial charge in [-0.1, -0.05) is 0 Å². The van der Waals surface area contributed by atoms with Gasteiger partial charge >= 0.3 is 6.16 Å². The third-order valence-electron chi connectivity index (χ3n) is 4.81. The molecule has 2 heterocycles. The van der Waals surface area contributed by atoms with Crippen molar-refractivity contribution in [3.05, 3.63) is 28.3 Å². The summed E-state index contributed by atoms with van der Waals surface area (Å²) in [6, 6.07) is 1.21. The van der Waals surface area contributed by atoms with E-state index in [1.165, 1.54) is 11.7 Å². The van der Waals surface area contributed by atoms with Gasteiger partial charge in [0, 0.05) is 25.2 Å². The van der Waals surface area contributed by atoms with E-state index in [1.54, 1.807) is 0 Å². The molecule has 0 saturated carbocycles. The minimum atomic E-state index is -1.69. The van der Waals surface area contributed by atoms with E-state index >= 15 is 4.39 Å². The van der Waals surface area contributed by atoms with E-state index in [0.29, 0.717) is 13.1 Å². The van der Waals surface area contributed by atoms with Crippen LogP contribution in [0.4, 0.5) is 19.3 Å². The number of anilines is 1. The highest BCUT2D eigenvalue weighted by molar-refractivity contribution is 5.92. The maximum atomic E-state index is 15.2. The first kappa shape index (κ1) is 20.8. The molecule has 1 aliphatic rings. The highest BCUT2D eigenvalue weighted by atomic mass is 19.1. The zero-order valence-electron chi connectivity index (χ0n) is 16.4. The molecular weight excluding hydrogens is 388 g/mol. The van der Waals surface area contributed by atoms with E-state index in [9.17, 15) is 14.0 Å². The summed E-state index contributed by atoms with van der Waals surface area (Å²) < 4.78 is 39.7. The Morgan fingerprint density at radius 2 is 2.00 bits per heavy atom. The van der Waals surface area contributed by atoms with Gasteiger partial charge in [-0.2, -0.15) is 0 Å². The molecule has 0 bridgehead atoms. The number of carboxylic acid groups (broad SMARTS) is 1. The number of nitrogens with zero attached hydrogens (tertiary/aromatic N) is 2. The highest BCUT2D eigenvalue weighted by Gasteiger charge is 2.29. The summed E-state index contributed by atoms with van der Waals surface area (Å²) in [5, 5.41) is 12.1. The molecular formula is C19H23F2N3O5. The first-order chi connectivity index (χ1) is 13.8. The van der Waals surface area contributed by atoms with Crippen molar-refractivity contribution in [1.29, 1.82) is 0 Å². The summed E-state index contributed by atoms with van der Waals surface area (Å²) in [4.78, 5) is 25.4. The SMILES string of the molecule is COc1c(N2C[C@@H](C)N[C@@H](C)C2)c(F)cc2c(=O)c(OC(=O)O)cn(CCF)c12. The van der Waals surface area contributed by atoms with Crippen molar-refractivity contribution in [3.63, 3.8) is 0 Å². The summed E-state index contributed by atoms with van der Waals surface area (Å²) in [5.41, 5.74) is -0.453. The highest BCUT2D eigenvalue weighted by Crippen LogP contribution is 2.39. The van der Waals surface area contributed by atoms with Crippen molar-refractivity contribution in [3.8, 4) is 11.5 Å². The Morgan fingerprint density at radius 1 is 1.34 bits per heavy atom. The van der Waals surface area contributed by atoms with Gasteiger partial charge in [0.25, 0.3) is 0 Å². The monoisotopic (exact) mass is 411 g/mol. The minimum Gasteiger partial charge on any atom is -0.492 e. The predicted molar refractivity (Wildman–Crippen MR) is 104 cm³/mol. The number of fused-ring (bicyclic) bond motifs is 1. The lowest BCUT2D eigenvalue weighted by molar-refractivity contribution is 0.143. The molecule has 1 aromatic carbocycles. The number of aromatic nitrogens is 1. The molecule has 10 heteroatoms. The second-order valence-electron chi connectivity index (χ2n) is 7.08. The summed E-state index contributed by atoms with van der Waals surface area (Å²) in [6.45, 7) is 3.99. The summed E-state index contributed by atoms with van der Waals surface area (Å²) >= 11 is 0. The standard InChI is InChI=1S/C19H23F2N3O5/c1-10-7-24(8-11(2)22-10)16-13(21)6-12-15(18(16)28-3)23(5-4-20)9-14(17(12)25)29-19(26)27/h6,9-11,22H,4-5,7-8H2,1-3H3,(H,26,27)/t10-,11+. The molecule has 1 aromatic heterocycles. The molecule has 0 unspecified atom stereocenters. The van der Waals surface area contributed by atoms with Crippen molar-refractivity contribution in [1.82, 2.24) is 9.88 Å². The fraction of sp³-hybridized carbons (Fsp3) is 0.474. The Hall–Kier alpha value is -2.88. The number of rotatable bonds is 5. The Morgan fingerprint density at radius 3 is 2.55 bits per heavy atom. The van der Waals surface area contributed by atoms with E-state index in [1.807, 2.05) is 18.7 Å².